The fourth-order valence-corrected chi connectivity index (χ4v) is 3.38. The second-order valence-electron chi connectivity index (χ2n) is 6.04. The van der Waals surface area contributed by atoms with Crippen LogP contribution in [0.2, 0.25) is 0 Å². The molecule has 0 spiro atoms. The van der Waals surface area contributed by atoms with E-state index < -0.39 is 0 Å². The number of aromatic nitrogens is 3. The van der Waals surface area contributed by atoms with E-state index in [0.717, 1.165) is 34.8 Å². The molecule has 0 atom stereocenters. The molecule has 0 unspecified atom stereocenters. The van der Waals surface area contributed by atoms with Crippen LogP contribution in [0.15, 0.2) is 35.7 Å². The SMILES string of the molecule is CCCc1cc(C(=O)NCCc2csc(-c3ccc(C)cc3)n2)n[nH]1. The number of hydrogen-bond donors (Lipinski definition) is 2. The summed E-state index contributed by atoms with van der Waals surface area (Å²) in [5, 5.41) is 12.9. The molecule has 0 fully saturated rings. The van der Waals surface area contributed by atoms with Crippen LogP contribution in [0.3, 0.4) is 0 Å². The van der Waals surface area contributed by atoms with Crippen LogP contribution in [0.1, 0.15) is 40.8 Å². The Morgan fingerprint density at radius 1 is 1.24 bits per heavy atom. The molecule has 6 heteroatoms. The van der Waals surface area contributed by atoms with Crippen LogP contribution in [0.25, 0.3) is 10.6 Å². The van der Waals surface area contributed by atoms with E-state index in [9.17, 15) is 4.79 Å². The Labute approximate surface area is 151 Å². The van der Waals surface area contributed by atoms with Crippen molar-refractivity contribution in [2.24, 2.45) is 0 Å². The van der Waals surface area contributed by atoms with Crippen molar-refractivity contribution in [3.63, 3.8) is 0 Å². The summed E-state index contributed by atoms with van der Waals surface area (Å²) in [7, 11) is 0. The van der Waals surface area contributed by atoms with Gasteiger partial charge in [-0.2, -0.15) is 5.10 Å². The highest BCUT2D eigenvalue weighted by Gasteiger charge is 2.10. The van der Waals surface area contributed by atoms with Gasteiger partial charge >= 0.3 is 0 Å². The quantitative estimate of drug-likeness (QED) is 0.678. The summed E-state index contributed by atoms with van der Waals surface area (Å²) in [5.41, 5.74) is 4.81. The van der Waals surface area contributed by atoms with E-state index in [4.69, 9.17) is 0 Å². The van der Waals surface area contributed by atoms with Gasteiger partial charge < -0.3 is 5.32 Å². The van der Waals surface area contributed by atoms with Crippen LogP contribution in [0, 0.1) is 6.92 Å². The van der Waals surface area contributed by atoms with E-state index in [0.29, 0.717) is 18.7 Å². The van der Waals surface area contributed by atoms with Crippen LogP contribution in [-0.2, 0) is 12.8 Å². The molecule has 0 saturated carbocycles. The Morgan fingerprint density at radius 2 is 2.04 bits per heavy atom. The van der Waals surface area contributed by atoms with Gasteiger partial charge in [0.15, 0.2) is 0 Å². The molecule has 1 aromatic carbocycles. The molecular formula is C19H22N4OS. The van der Waals surface area contributed by atoms with Gasteiger partial charge in [0.2, 0.25) is 0 Å². The van der Waals surface area contributed by atoms with Crippen molar-refractivity contribution in [2.45, 2.75) is 33.1 Å². The maximum Gasteiger partial charge on any atom is 0.271 e. The number of nitrogens with one attached hydrogen (secondary N) is 2. The first-order chi connectivity index (χ1) is 12.2. The number of carbonyl (C=O) groups is 1. The van der Waals surface area contributed by atoms with Gasteiger partial charge in [-0.3, -0.25) is 9.89 Å². The van der Waals surface area contributed by atoms with Crippen LogP contribution in [0.5, 0.6) is 0 Å². The van der Waals surface area contributed by atoms with Crippen molar-refractivity contribution < 1.29 is 4.79 Å². The van der Waals surface area contributed by atoms with Crippen molar-refractivity contribution >= 4 is 17.2 Å². The first kappa shape index (κ1) is 17.4. The molecular weight excluding hydrogens is 332 g/mol. The molecule has 3 rings (SSSR count). The Kier molecular flexibility index (Phi) is 5.60. The maximum atomic E-state index is 12.1. The number of hydrogen-bond acceptors (Lipinski definition) is 4. The summed E-state index contributed by atoms with van der Waals surface area (Å²) in [4.78, 5) is 16.8. The predicted molar refractivity (Wildman–Crippen MR) is 101 cm³/mol. The van der Waals surface area contributed by atoms with Crippen molar-refractivity contribution in [1.29, 1.82) is 0 Å². The largest absolute Gasteiger partial charge is 0.350 e. The standard InChI is InChI=1S/C19H22N4OS/c1-3-4-15-11-17(23-22-15)18(24)20-10-9-16-12-25-19(21-16)14-7-5-13(2)6-8-14/h5-8,11-12H,3-4,9-10H2,1-2H3,(H,20,24)(H,22,23). The number of thiazole rings is 1. The summed E-state index contributed by atoms with van der Waals surface area (Å²) in [6, 6.07) is 10.2. The lowest BCUT2D eigenvalue weighted by Crippen LogP contribution is -2.26. The van der Waals surface area contributed by atoms with Gasteiger partial charge in [-0.05, 0) is 19.4 Å². The highest BCUT2D eigenvalue weighted by Crippen LogP contribution is 2.24. The number of aromatic amines is 1. The molecule has 0 bridgehead atoms. The molecule has 1 amide bonds. The van der Waals surface area contributed by atoms with E-state index in [1.165, 1.54) is 5.56 Å². The zero-order valence-corrected chi connectivity index (χ0v) is 15.3. The first-order valence-corrected chi connectivity index (χ1v) is 9.37. The number of nitrogens with zero attached hydrogens (tertiary/aromatic N) is 2. The minimum atomic E-state index is -0.146. The van der Waals surface area contributed by atoms with E-state index in [1.54, 1.807) is 11.3 Å². The third-order valence-electron chi connectivity index (χ3n) is 3.90. The molecule has 2 heterocycles. The van der Waals surface area contributed by atoms with Crippen molar-refractivity contribution in [1.82, 2.24) is 20.5 Å². The van der Waals surface area contributed by atoms with Crippen molar-refractivity contribution in [2.75, 3.05) is 6.54 Å². The summed E-state index contributed by atoms with van der Waals surface area (Å²) in [5.74, 6) is -0.146. The molecule has 130 valence electrons. The van der Waals surface area contributed by atoms with Crippen molar-refractivity contribution in [3.05, 3.63) is 58.4 Å². The molecule has 0 saturated heterocycles. The summed E-state index contributed by atoms with van der Waals surface area (Å²) >= 11 is 1.63. The van der Waals surface area contributed by atoms with Gasteiger partial charge in [-0.25, -0.2) is 4.98 Å². The highest BCUT2D eigenvalue weighted by molar-refractivity contribution is 7.13. The minimum Gasteiger partial charge on any atom is -0.350 e. The lowest BCUT2D eigenvalue weighted by atomic mass is 10.2. The fourth-order valence-electron chi connectivity index (χ4n) is 2.52. The van der Waals surface area contributed by atoms with Gasteiger partial charge in [-0.1, -0.05) is 43.2 Å². The topological polar surface area (TPSA) is 70.7 Å². The average Bonchev–Trinajstić information content (AvgIpc) is 3.26. The molecule has 2 N–H and O–H groups in total. The second kappa shape index (κ2) is 8.07. The van der Waals surface area contributed by atoms with E-state index in [2.05, 4.69) is 64.0 Å². The number of benzene rings is 1. The Balaban J connectivity index is 1.52. The summed E-state index contributed by atoms with van der Waals surface area (Å²) < 4.78 is 0. The van der Waals surface area contributed by atoms with E-state index >= 15 is 0 Å². The number of carbonyl (C=O) groups excluding carboxylic acids is 1. The molecule has 3 aromatic rings. The number of rotatable bonds is 7. The first-order valence-electron chi connectivity index (χ1n) is 8.49. The number of aryl methyl sites for hydroxylation is 2. The molecule has 0 aliphatic carbocycles. The molecule has 5 nitrogen and oxygen atoms in total. The minimum absolute atomic E-state index is 0.146. The maximum absolute atomic E-state index is 12.1. The summed E-state index contributed by atoms with van der Waals surface area (Å²) in [6.07, 6.45) is 2.64. The third-order valence-corrected chi connectivity index (χ3v) is 4.84. The van der Waals surface area contributed by atoms with E-state index in [1.807, 2.05) is 6.07 Å². The van der Waals surface area contributed by atoms with Crippen LogP contribution < -0.4 is 5.32 Å². The van der Waals surface area contributed by atoms with Gasteiger partial charge in [0.05, 0.1) is 5.69 Å². The van der Waals surface area contributed by atoms with Crippen LogP contribution in [-0.4, -0.2) is 27.6 Å². The predicted octanol–water partition coefficient (Wildman–Crippen LogP) is 3.77. The normalized spacial score (nSPS) is 10.8. The molecule has 0 radical (unpaired) electrons. The van der Waals surface area contributed by atoms with Gasteiger partial charge in [0, 0.05) is 29.6 Å². The lowest BCUT2D eigenvalue weighted by Gasteiger charge is -2.01. The van der Waals surface area contributed by atoms with Gasteiger partial charge in [-0.15, -0.1) is 11.3 Å². The Bertz CT molecular complexity index is 835. The van der Waals surface area contributed by atoms with Gasteiger partial charge in [0.25, 0.3) is 5.91 Å². The Morgan fingerprint density at radius 3 is 2.80 bits per heavy atom. The number of amides is 1. The molecule has 0 aliphatic rings. The molecule has 25 heavy (non-hydrogen) atoms. The molecule has 0 aliphatic heterocycles. The zero-order chi connectivity index (χ0) is 17.6. The fraction of sp³-hybridized carbons (Fsp3) is 0.316. The summed E-state index contributed by atoms with van der Waals surface area (Å²) in [6.45, 7) is 4.72. The van der Waals surface area contributed by atoms with Crippen LogP contribution in [0.4, 0.5) is 0 Å². The average molecular weight is 354 g/mol. The molecule has 2 aromatic heterocycles. The van der Waals surface area contributed by atoms with Crippen LogP contribution >= 0.6 is 11.3 Å². The smallest absolute Gasteiger partial charge is 0.271 e. The monoisotopic (exact) mass is 354 g/mol. The number of H-pyrrole nitrogens is 1. The Hall–Kier alpha value is -2.47. The second-order valence-corrected chi connectivity index (χ2v) is 6.90. The highest BCUT2D eigenvalue weighted by atomic mass is 32.1. The van der Waals surface area contributed by atoms with Gasteiger partial charge in [0.1, 0.15) is 10.7 Å². The third kappa shape index (κ3) is 4.54. The van der Waals surface area contributed by atoms with Crippen molar-refractivity contribution in [3.8, 4) is 10.6 Å². The lowest BCUT2D eigenvalue weighted by molar-refractivity contribution is 0.0949. The zero-order valence-electron chi connectivity index (χ0n) is 14.5. The van der Waals surface area contributed by atoms with E-state index in [-0.39, 0.29) is 5.91 Å².